The molecule has 1 N–H and O–H groups in total. The SMILES string of the molecule is Fc1cc(F)c(SNc2cnsc2)c(F)c1. The van der Waals surface area contributed by atoms with Crippen LogP contribution in [0.1, 0.15) is 0 Å². The third-order valence-electron chi connectivity index (χ3n) is 1.67. The summed E-state index contributed by atoms with van der Waals surface area (Å²) in [6, 6.07) is 1.28. The largest absolute Gasteiger partial charge is 0.323 e. The van der Waals surface area contributed by atoms with Gasteiger partial charge in [0.25, 0.3) is 0 Å². The van der Waals surface area contributed by atoms with E-state index in [1.807, 2.05) is 0 Å². The van der Waals surface area contributed by atoms with Gasteiger partial charge in [-0.05, 0) is 23.5 Å². The van der Waals surface area contributed by atoms with Crippen LogP contribution in [0, 0.1) is 17.5 Å². The lowest BCUT2D eigenvalue weighted by Gasteiger charge is -2.05. The van der Waals surface area contributed by atoms with E-state index in [4.69, 9.17) is 0 Å². The van der Waals surface area contributed by atoms with Crippen LogP contribution in [0.5, 0.6) is 0 Å². The molecule has 0 radical (unpaired) electrons. The van der Waals surface area contributed by atoms with Crippen molar-refractivity contribution in [3.8, 4) is 0 Å². The molecule has 0 fully saturated rings. The van der Waals surface area contributed by atoms with Crippen LogP contribution in [0.15, 0.2) is 28.6 Å². The molecule has 0 saturated heterocycles. The Labute approximate surface area is 97.8 Å². The molecular formula is C9H5F3N2S2. The van der Waals surface area contributed by atoms with Gasteiger partial charge in [-0.25, -0.2) is 13.2 Å². The number of hydrogen-bond acceptors (Lipinski definition) is 4. The molecule has 1 aromatic carbocycles. The Balaban J connectivity index is 2.15. The van der Waals surface area contributed by atoms with Gasteiger partial charge in [0.05, 0.1) is 11.9 Å². The van der Waals surface area contributed by atoms with E-state index in [0.717, 1.165) is 11.9 Å². The van der Waals surface area contributed by atoms with Gasteiger partial charge in [-0.1, -0.05) is 0 Å². The molecule has 0 amide bonds. The molecule has 0 atom stereocenters. The summed E-state index contributed by atoms with van der Waals surface area (Å²) >= 11 is 1.95. The van der Waals surface area contributed by atoms with Gasteiger partial charge in [0, 0.05) is 17.5 Å². The van der Waals surface area contributed by atoms with E-state index in [1.54, 1.807) is 5.38 Å². The second-order valence-corrected chi connectivity index (χ2v) is 4.29. The zero-order chi connectivity index (χ0) is 11.5. The number of anilines is 1. The molecule has 0 unspecified atom stereocenters. The van der Waals surface area contributed by atoms with E-state index < -0.39 is 17.5 Å². The zero-order valence-corrected chi connectivity index (χ0v) is 9.34. The van der Waals surface area contributed by atoms with E-state index in [1.165, 1.54) is 17.7 Å². The van der Waals surface area contributed by atoms with Gasteiger partial charge in [-0.3, -0.25) is 0 Å². The minimum absolute atomic E-state index is 0.271. The van der Waals surface area contributed by atoms with Crippen LogP contribution in [0.25, 0.3) is 0 Å². The molecule has 0 bridgehead atoms. The molecule has 2 rings (SSSR count). The topological polar surface area (TPSA) is 24.9 Å². The summed E-state index contributed by atoms with van der Waals surface area (Å²) in [6.45, 7) is 0. The minimum Gasteiger partial charge on any atom is -0.323 e. The fourth-order valence-corrected chi connectivity index (χ4v) is 2.18. The molecule has 16 heavy (non-hydrogen) atoms. The maximum absolute atomic E-state index is 13.2. The second kappa shape index (κ2) is 4.75. The fraction of sp³-hybridized carbons (Fsp3) is 0. The molecular weight excluding hydrogens is 257 g/mol. The highest BCUT2D eigenvalue weighted by atomic mass is 32.2. The summed E-state index contributed by atoms with van der Waals surface area (Å²) < 4.78 is 45.5. The Bertz CT molecular complexity index is 464. The Morgan fingerprint density at radius 3 is 2.44 bits per heavy atom. The smallest absolute Gasteiger partial charge is 0.144 e. The maximum Gasteiger partial charge on any atom is 0.144 e. The van der Waals surface area contributed by atoms with E-state index in [-0.39, 0.29) is 4.90 Å². The highest BCUT2D eigenvalue weighted by Gasteiger charge is 2.12. The minimum atomic E-state index is -0.934. The van der Waals surface area contributed by atoms with Crippen LogP contribution in [0.4, 0.5) is 18.9 Å². The highest BCUT2D eigenvalue weighted by molar-refractivity contribution is 8.00. The Morgan fingerprint density at radius 2 is 1.88 bits per heavy atom. The van der Waals surface area contributed by atoms with Crippen molar-refractivity contribution in [1.29, 1.82) is 0 Å². The highest BCUT2D eigenvalue weighted by Crippen LogP contribution is 2.27. The lowest BCUT2D eigenvalue weighted by molar-refractivity contribution is 0.511. The number of nitrogens with one attached hydrogen (secondary N) is 1. The maximum atomic E-state index is 13.2. The first-order valence-electron chi connectivity index (χ1n) is 4.13. The molecule has 0 saturated carbocycles. The van der Waals surface area contributed by atoms with Gasteiger partial charge < -0.3 is 4.72 Å². The van der Waals surface area contributed by atoms with Crippen molar-refractivity contribution in [2.45, 2.75) is 4.90 Å². The summed E-state index contributed by atoms with van der Waals surface area (Å²) in [5.74, 6) is -2.80. The molecule has 1 aromatic heterocycles. The Kier molecular flexibility index (Phi) is 3.35. The lowest BCUT2D eigenvalue weighted by Crippen LogP contribution is -1.93. The van der Waals surface area contributed by atoms with Gasteiger partial charge in [0.2, 0.25) is 0 Å². The lowest BCUT2D eigenvalue weighted by atomic mass is 10.3. The molecule has 7 heteroatoms. The predicted molar refractivity (Wildman–Crippen MR) is 57.9 cm³/mol. The number of halogens is 3. The summed E-state index contributed by atoms with van der Waals surface area (Å²) in [4.78, 5) is -0.271. The molecule has 2 nitrogen and oxygen atoms in total. The monoisotopic (exact) mass is 262 g/mol. The summed E-state index contributed by atoms with van der Waals surface area (Å²) in [6.07, 6.45) is 1.52. The molecule has 2 aromatic rings. The molecule has 0 aliphatic carbocycles. The normalized spacial score (nSPS) is 10.4. The average molecular weight is 262 g/mol. The first-order valence-corrected chi connectivity index (χ1v) is 5.79. The number of aromatic nitrogens is 1. The van der Waals surface area contributed by atoms with Crippen molar-refractivity contribution in [2.75, 3.05) is 4.72 Å². The van der Waals surface area contributed by atoms with Crippen molar-refractivity contribution in [1.82, 2.24) is 4.37 Å². The van der Waals surface area contributed by atoms with Crippen molar-refractivity contribution >= 4 is 29.2 Å². The van der Waals surface area contributed by atoms with Crippen molar-refractivity contribution in [3.05, 3.63) is 41.2 Å². The van der Waals surface area contributed by atoms with Gasteiger partial charge >= 0.3 is 0 Å². The summed E-state index contributed by atoms with van der Waals surface area (Å²) in [5, 5.41) is 1.69. The van der Waals surface area contributed by atoms with Crippen LogP contribution in [-0.4, -0.2) is 4.37 Å². The standard InChI is InChI=1S/C9H5F3N2S2/c10-5-1-7(11)9(8(12)2-5)16-14-6-3-13-15-4-6/h1-4,14H. The molecule has 0 aliphatic rings. The van der Waals surface area contributed by atoms with E-state index in [2.05, 4.69) is 9.10 Å². The van der Waals surface area contributed by atoms with E-state index in [9.17, 15) is 13.2 Å². The van der Waals surface area contributed by atoms with E-state index in [0.29, 0.717) is 17.8 Å². The summed E-state index contributed by atoms with van der Waals surface area (Å²) in [7, 11) is 0. The van der Waals surface area contributed by atoms with Gasteiger partial charge in [-0.2, -0.15) is 4.37 Å². The summed E-state index contributed by atoms with van der Waals surface area (Å²) in [5.41, 5.74) is 0.637. The number of nitrogens with zero attached hydrogens (tertiary/aromatic N) is 1. The molecule has 1 heterocycles. The Morgan fingerprint density at radius 1 is 1.19 bits per heavy atom. The third-order valence-corrected chi connectivity index (χ3v) is 3.18. The van der Waals surface area contributed by atoms with Crippen molar-refractivity contribution < 1.29 is 13.2 Å². The average Bonchev–Trinajstić information content (AvgIpc) is 2.68. The van der Waals surface area contributed by atoms with Crippen LogP contribution in [-0.2, 0) is 0 Å². The zero-order valence-electron chi connectivity index (χ0n) is 7.71. The second-order valence-electron chi connectivity index (χ2n) is 2.82. The van der Waals surface area contributed by atoms with E-state index >= 15 is 0 Å². The van der Waals surface area contributed by atoms with Crippen molar-refractivity contribution in [2.24, 2.45) is 0 Å². The molecule has 84 valence electrons. The first kappa shape index (κ1) is 11.3. The van der Waals surface area contributed by atoms with Crippen LogP contribution in [0.2, 0.25) is 0 Å². The van der Waals surface area contributed by atoms with Gasteiger partial charge in [0.1, 0.15) is 22.3 Å². The van der Waals surface area contributed by atoms with Crippen LogP contribution < -0.4 is 4.72 Å². The quantitative estimate of drug-likeness (QED) is 0.854. The van der Waals surface area contributed by atoms with Crippen LogP contribution in [0.3, 0.4) is 0 Å². The molecule has 0 spiro atoms. The van der Waals surface area contributed by atoms with Crippen LogP contribution >= 0.6 is 23.5 Å². The first-order chi connectivity index (χ1) is 7.66. The molecule has 0 aliphatic heterocycles. The Hall–Kier alpha value is -1.21. The van der Waals surface area contributed by atoms with Crippen molar-refractivity contribution in [3.63, 3.8) is 0 Å². The number of hydrogen-bond donors (Lipinski definition) is 1. The van der Waals surface area contributed by atoms with Gasteiger partial charge in [0.15, 0.2) is 0 Å². The predicted octanol–water partition coefficient (Wildman–Crippen LogP) is 3.68. The van der Waals surface area contributed by atoms with Gasteiger partial charge in [-0.15, -0.1) is 0 Å². The number of benzene rings is 1. The third kappa shape index (κ3) is 2.48. The fourth-order valence-electron chi connectivity index (χ4n) is 0.992. The number of rotatable bonds is 3.